The van der Waals surface area contributed by atoms with Gasteiger partial charge in [-0.25, -0.2) is 0 Å². The smallest absolute Gasteiger partial charge is 0.0181 e. The van der Waals surface area contributed by atoms with Crippen molar-refractivity contribution in [1.29, 1.82) is 0 Å². The van der Waals surface area contributed by atoms with Crippen LogP contribution >= 0.6 is 31.9 Å². The summed E-state index contributed by atoms with van der Waals surface area (Å²) in [4.78, 5) is 0. The van der Waals surface area contributed by atoms with Crippen molar-refractivity contribution in [3.8, 4) is 11.1 Å². The minimum absolute atomic E-state index is 1.11. The molecule has 0 saturated carbocycles. The van der Waals surface area contributed by atoms with E-state index in [-0.39, 0.29) is 0 Å². The van der Waals surface area contributed by atoms with E-state index in [9.17, 15) is 0 Å². The Hall–Kier alpha value is -2.68. The zero-order valence-electron chi connectivity index (χ0n) is 16.9. The molecular formula is C29H18Br2. The van der Waals surface area contributed by atoms with E-state index in [1.165, 1.54) is 59.8 Å². The van der Waals surface area contributed by atoms with E-state index >= 15 is 0 Å². The van der Waals surface area contributed by atoms with Crippen LogP contribution in [0.5, 0.6) is 0 Å². The highest BCUT2D eigenvalue weighted by atomic mass is 79.9. The van der Waals surface area contributed by atoms with E-state index in [4.69, 9.17) is 0 Å². The molecule has 0 radical (unpaired) electrons. The molecule has 0 amide bonds. The minimum Gasteiger partial charge on any atom is -0.0622 e. The molecule has 0 spiro atoms. The van der Waals surface area contributed by atoms with Crippen LogP contribution in [0.3, 0.4) is 0 Å². The lowest BCUT2D eigenvalue weighted by atomic mass is 9.85. The zero-order valence-corrected chi connectivity index (χ0v) is 20.1. The van der Waals surface area contributed by atoms with Gasteiger partial charge >= 0.3 is 0 Å². The fourth-order valence-electron chi connectivity index (χ4n) is 4.99. The summed E-state index contributed by atoms with van der Waals surface area (Å²) in [6.45, 7) is 2.28. The Morgan fingerprint density at radius 2 is 1.00 bits per heavy atom. The Bertz CT molecular complexity index is 1540. The third-order valence-electron chi connectivity index (χ3n) is 6.32. The first kappa shape index (κ1) is 19.0. The number of hydrogen-bond acceptors (Lipinski definition) is 0. The quantitative estimate of drug-likeness (QED) is 0.148. The van der Waals surface area contributed by atoms with Gasteiger partial charge in [-0.3, -0.25) is 0 Å². The van der Waals surface area contributed by atoms with Crippen LogP contribution in [0.1, 0.15) is 5.56 Å². The summed E-state index contributed by atoms with van der Waals surface area (Å²) in [7, 11) is 0. The monoisotopic (exact) mass is 524 g/mol. The number of hydrogen-bond donors (Lipinski definition) is 0. The molecule has 0 atom stereocenters. The molecule has 31 heavy (non-hydrogen) atoms. The molecule has 0 saturated heterocycles. The van der Waals surface area contributed by atoms with Crippen molar-refractivity contribution in [2.24, 2.45) is 0 Å². The van der Waals surface area contributed by atoms with Crippen molar-refractivity contribution in [1.82, 2.24) is 0 Å². The van der Waals surface area contributed by atoms with Gasteiger partial charge in [0.1, 0.15) is 0 Å². The van der Waals surface area contributed by atoms with Gasteiger partial charge in [0, 0.05) is 8.95 Å². The molecule has 0 fully saturated rings. The highest BCUT2D eigenvalue weighted by Gasteiger charge is 2.17. The average molecular weight is 526 g/mol. The molecule has 0 aromatic heterocycles. The Labute approximate surface area is 197 Å². The molecule has 0 aliphatic carbocycles. The summed E-state index contributed by atoms with van der Waals surface area (Å²) in [5.41, 5.74) is 3.89. The Morgan fingerprint density at radius 3 is 1.52 bits per heavy atom. The standard InChI is InChI=1S/C29H18Br2/c1-17-27-23(13-9-18-7-11-21(30)15-25(18)27)29(20-5-3-2-4-6-20)24-14-10-19-8-12-22(31)16-26(19)28(17)24/h2-16H,1H3. The number of benzene rings is 6. The maximum absolute atomic E-state index is 3.70. The molecule has 6 rings (SSSR count). The first-order valence-corrected chi connectivity index (χ1v) is 11.9. The largest absolute Gasteiger partial charge is 0.0622 e. The lowest BCUT2D eigenvalue weighted by molar-refractivity contribution is 1.59. The molecular weight excluding hydrogens is 508 g/mol. The molecule has 0 aliphatic rings. The fraction of sp³-hybridized carbons (Fsp3) is 0.0345. The number of fused-ring (bicyclic) bond motifs is 6. The maximum atomic E-state index is 3.70. The molecule has 148 valence electrons. The fourth-order valence-corrected chi connectivity index (χ4v) is 5.72. The van der Waals surface area contributed by atoms with Crippen molar-refractivity contribution in [2.75, 3.05) is 0 Å². The molecule has 0 N–H and O–H groups in total. The van der Waals surface area contributed by atoms with Crippen molar-refractivity contribution in [3.05, 3.63) is 106 Å². The van der Waals surface area contributed by atoms with Gasteiger partial charge < -0.3 is 0 Å². The molecule has 0 unspecified atom stereocenters. The molecule has 0 heterocycles. The van der Waals surface area contributed by atoms with Crippen LogP contribution in [0.15, 0.2) is 99.9 Å². The van der Waals surface area contributed by atoms with Gasteiger partial charge in [-0.05, 0) is 91.0 Å². The lowest BCUT2D eigenvalue weighted by Gasteiger charge is -2.19. The summed E-state index contributed by atoms with van der Waals surface area (Å²) >= 11 is 7.40. The van der Waals surface area contributed by atoms with Crippen LogP contribution < -0.4 is 0 Å². The number of halogens is 2. The van der Waals surface area contributed by atoms with Crippen LogP contribution in [0.25, 0.3) is 54.2 Å². The van der Waals surface area contributed by atoms with Crippen molar-refractivity contribution >= 4 is 74.9 Å². The van der Waals surface area contributed by atoms with Gasteiger partial charge in [0.15, 0.2) is 0 Å². The number of rotatable bonds is 1. The zero-order chi connectivity index (χ0) is 21.1. The van der Waals surface area contributed by atoms with Crippen LogP contribution in [0, 0.1) is 6.92 Å². The Morgan fingerprint density at radius 1 is 0.516 bits per heavy atom. The van der Waals surface area contributed by atoms with E-state index < -0.39 is 0 Å². The summed E-state index contributed by atoms with van der Waals surface area (Å²) in [6, 6.07) is 33.0. The average Bonchev–Trinajstić information content (AvgIpc) is 2.79. The third-order valence-corrected chi connectivity index (χ3v) is 7.30. The Kier molecular flexibility index (Phi) is 4.41. The van der Waals surface area contributed by atoms with Gasteiger partial charge in [0.05, 0.1) is 0 Å². The van der Waals surface area contributed by atoms with E-state index in [2.05, 4.69) is 130 Å². The SMILES string of the molecule is Cc1c2c(ccc3ccc(Br)cc32)c(-c2ccccc2)c2ccc3ccc(Br)cc3c12. The molecule has 0 nitrogen and oxygen atoms in total. The second-order valence-corrected chi connectivity index (χ2v) is 9.90. The van der Waals surface area contributed by atoms with Gasteiger partial charge in [-0.2, -0.15) is 0 Å². The molecule has 6 aromatic carbocycles. The predicted octanol–water partition coefficient (Wildman–Crippen LogP) is 9.80. The highest BCUT2D eigenvalue weighted by Crippen LogP contribution is 2.44. The Balaban J connectivity index is 1.96. The van der Waals surface area contributed by atoms with E-state index in [1.54, 1.807) is 0 Å². The van der Waals surface area contributed by atoms with E-state index in [0.29, 0.717) is 0 Å². The van der Waals surface area contributed by atoms with Crippen molar-refractivity contribution in [3.63, 3.8) is 0 Å². The summed E-state index contributed by atoms with van der Waals surface area (Å²) in [5, 5.41) is 10.4. The van der Waals surface area contributed by atoms with Crippen LogP contribution in [0.4, 0.5) is 0 Å². The van der Waals surface area contributed by atoms with Gasteiger partial charge in [-0.1, -0.05) is 98.6 Å². The normalized spacial score (nSPS) is 11.7. The van der Waals surface area contributed by atoms with Gasteiger partial charge in [-0.15, -0.1) is 0 Å². The van der Waals surface area contributed by atoms with Crippen molar-refractivity contribution in [2.45, 2.75) is 6.92 Å². The second kappa shape index (κ2) is 7.19. The van der Waals surface area contributed by atoms with Crippen molar-refractivity contribution < 1.29 is 0 Å². The maximum Gasteiger partial charge on any atom is 0.0181 e. The van der Waals surface area contributed by atoms with Gasteiger partial charge in [0.25, 0.3) is 0 Å². The van der Waals surface area contributed by atoms with Gasteiger partial charge in [0.2, 0.25) is 0 Å². The summed E-state index contributed by atoms with van der Waals surface area (Å²) in [5.74, 6) is 0. The summed E-state index contributed by atoms with van der Waals surface area (Å²) in [6.07, 6.45) is 0. The summed E-state index contributed by atoms with van der Waals surface area (Å²) < 4.78 is 2.21. The number of aryl methyl sites for hydroxylation is 1. The molecule has 0 bridgehead atoms. The topological polar surface area (TPSA) is 0 Å². The predicted molar refractivity (Wildman–Crippen MR) is 142 cm³/mol. The van der Waals surface area contributed by atoms with Crippen LogP contribution in [-0.4, -0.2) is 0 Å². The third kappa shape index (κ3) is 2.93. The highest BCUT2D eigenvalue weighted by molar-refractivity contribution is 9.10. The first-order chi connectivity index (χ1) is 15.1. The first-order valence-electron chi connectivity index (χ1n) is 10.3. The molecule has 2 heteroatoms. The van der Waals surface area contributed by atoms with Crippen LogP contribution in [-0.2, 0) is 0 Å². The minimum atomic E-state index is 1.11. The second-order valence-electron chi connectivity index (χ2n) is 8.07. The van der Waals surface area contributed by atoms with E-state index in [1.807, 2.05) is 0 Å². The molecule has 0 aliphatic heterocycles. The lowest BCUT2D eigenvalue weighted by Crippen LogP contribution is -1.92. The van der Waals surface area contributed by atoms with E-state index in [0.717, 1.165) is 8.95 Å². The van der Waals surface area contributed by atoms with Crippen LogP contribution in [0.2, 0.25) is 0 Å². The molecule has 6 aromatic rings.